The Labute approximate surface area is 105 Å². The second-order valence-corrected chi connectivity index (χ2v) is 5.44. The molecule has 0 radical (unpaired) electrons. The molecule has 0 saturated carbocycles. The Kier molecular flexibility index (Phi) is 3.33. The molecule has 0 fully saturated rings. The van der Waals surface area contributed by atoms with Gasteiger partial charge in [-0.1, -0.05) is 35.8 Å². The third-order valence-corrected chi connectivity index (χ3v) is 3.42. The van der Waals surface area contributed by atoms with Crippen LogP contribution in [0, 0.1) is 5.92 Å². The van der Waals surface area contributed by atoms with E-state index in [2.05, 4.69) is 28.1 Å². The van der Waals surface area contributed by atoms with Crippen LogP contribution < -0.4 is 4.90 Å². The highest BCUT2D eigenvalue weighted by molar-refractivity contribution is 9.10. The second-order valence-electron chi connectivity index (χ2n) is 4.52. The van der Waals surface area contributed by atoms with Crippen molar-refractivity contribution < 1.29 is 4.79 Å². The topological polar surface area (TPSA) is 20.3 Å². The van der Waals surface area contributed by atoms with Crippen molar-refractivity contribution in [3.63, 3.8) is 0 Å². The Morgan fingerprint density at radius 1 is 1.44 bits per heavy atom. The van der Waals surface area contributed by atoms with Crippen LogP contribution in [0.5, 0.6) is 0 Å². The molecule has 0 aromatic heterocycles. The first kappa shape index (κ1) is 11.6. The van der Waals surface area contributed by atoms with Crippen LogP contribution in [0.15, 0.2) is 22.7 Å². The van der Waals surface area contributed by atoms with Crippen molar-refractivity contribution in [2.45, 2.75) is 26.7 Å². The molecule has 0 unspecified atom stereocenters. The molecular weight excluding hydrogens is 266 g/mol. The van der Waals surface area contributed by atoms with E-state index >= 15 is 0 Å². The normalized spacial score (nSPS) is 15.1. The van der Waals surface area contributed by atoms with Gasteiger partial charge in [-0.05, 0) is 30.5 Å². The first-order chi connectivity index (χ1) is 7.59. The van der Waals surface area contributed by atoms with Gasteiger partial charge in [0.15, 0.2) is 0 Å². The van der Waals surface area contributed by atoms with E-state index in [0.717, 1.165) is 29.5 Å². The van der Waals surface area contributed by atoms with Gasteiger partial charge in [0.1, 0.15) is 0 Å². The van der Waals surface area contributed by atoms with E-state index in [9.17, 15) is 4.79 Å². The fourth-order valence-corrected chi connectivity index (χ4v) is 2.44. The Bertz CT molecular complexity index is 414. The molecule has 2 rings (SSSR count). The fourth-order valence-electron chi connectivity index (χ4n) is 2.09. The van der Waals surface area contributed by atoms with Crippen LogP contribution in [-0.2, 0) is 11.2 Å². The predicted molar refractivity (Wildman–Crippen MR) is 69.7 cm³/mol. The third-order valence-electron chi connectivity index (χ3n) is 2.93. The lowest BCUT2D eigenvalue weighted by molar-refractivity contribution is -0.121. The van der Waals surface area contributed by atoms with Crippen LogP contribution in [0.4, 0.5) is 5.69 Å². The molecule has 1 heterocycles. The molecule has 2 nitrogen and oxygen atoms in total. The summed E-state index contributed by atoms with van der Waals surface area (Å²) in [4.78, 5) is 14.0. The summed E-state index contributed by atoms with van der Waals surface area (Å²) in [6.45, 7) is 4.75. The second kappa shape index (κ2) is 4.58. The maximum Gasteiger partial charge on any atom is 0.229 e. The molecule has 1 aliphatic rings. The zero-order valence-corrected chi connectivity index (χ0v) is 11.3. The number of hydrogen-bond donors (Lipinski definition) is 0. The van der Waals surface area contributed by atoms with Gasteiger partial charge in [-0.2, -0.15) is 0 Å². The Morgan fingerprint density at radius 3 is 2.88 bits per heavy atom. The van der Waals surface area contributed by atoms with Crippen LogP contribution in [0.2, 0.25) is 0 Å². The number of anilines is 1. The maximum absolute atomic E-state index is 12.1. The number of carbonyl (C=O) groups excluding carboxylic acids is 1. The van der Waals surface area contributed by atoms with Crippen molar-refractivity contribution in [3.8, 4) is 0 Å². The van der Waals surface area contributed by atoms with E-state index < -0.39 is 0 Å². The summed E-state index contributed by atoms with van der Waals surface area (Å²) < 4.78 is 1.04. The maximum atomic E-state index is 12.1. The number of fused-ring (bicyclic) bond motifs is 1. The first-order valence-electron chi connectivity index (χ1n) is 5.69. The van der Waals surface area contributed by atoms with Crippen molar-refractivity contribution >= 4 is 27.5 Å². The average Bonchev–Trinajstić information content (AvgIpc) is 2.27. The van der Waals surface area contributed by atoms with Crippen LogP contribution in [0.3, 0.4) is 0 Å². The molecule has 0 saturated heterocycles. The molecule has 86 valence electrons. The summed E-state index contributed by atoms with van der Waals surface area (Å²) in [5, 5.41) is 0. The SMILES string of the molecule is CC(C)C(=O)N1CCCc2ccc(Br)cc21. The van der Waals surface area contributed by atoms with E-state index in [0.29, 0.717) is 0 Å². The molecule has 1 aromatic rings. The van der Waals surface area contributed by atoms with Crippen LogP contribution in [0.25, 0.3) is 0 Å². The average molecular weight is 282 g/mol. The van der Waals surface area contributed by atoms with Crippen LogP contribution in [0.1, 0.15) is 25.8 Å². The summed E-state index contributed by atoms with van der Waals surface area (Å²) in [5.74, 6) is 0.281. The van der Waals surface area contributed by atoms with Crippen LogP contribution in [-0.4, -0.2) is 12.5 Å². The highest BCUT2D eigenvalue weighted by Gasteiger charge is 2.24. The van der Waals surface area contributed by atoms with Gasteiger partial charge in [0.25, 0.3) is 0 Å². The summed E-state index contributed by atoms with van der Waals surface area (Å²) in [6, 6.07) is 6.20. The van der Waals surface area contributed by atoms with Gasteiger partial charge >= 0.3 is 0 Å². The number of hydrogen-bond acceptors (Lipinski definition) is 1. The van der Waals surface area contributed by atoms with Gasteiger partial charge in [0.2, 0.25) is 5.91 Å². The molecule has 1 aromatic carbocycles. The van der Waals surface area contributed by atoms with Crippen molar-refractivity contribution in [1.82, 2.24) is 0 Å². The molecule has 16 heavy (non-hydrogen) atoms. The van der Waals surface area contributed by atoms with Crippen LogP contribution >= 0.6 is 15.9 Å². The summed E-state index contributed by atoms with van der Waals surface area (Å²) in [6.07, 6.45) is 2.14. The molecule has 0 bridgehead atoms. The van der Waals surface area contributed by atoms with E-state index in [1.165, 1.54) is 5.56 Å². The molecule has 1 aliphatic heterocycles. The number of amides is 1. The van der Waals surface area contributed by atoms with Gasteiger partial charge in [0.05, 0.1) is 0 Å². The standard InChI is InChI=1S/C13H16BrNO/c1-9(2)13(16)15-7-3-4-10-5-6-11(14)8-12(10)15/h5-6,8-9H,3-4,7H2,1-2H3. The Hall–Kier alpha value is -0.830. The summed E-state index contributed by atoms with van der Waals surface area (Å²) in [7, 11) is 0. The molecule has 1 amide bonds. The number of nitrogens with zero attached hydrogens (tertiary/aromatic N) is 1. The molecule has 3 heteroatoms. The molecular formula is C13H16BrNO. The minimum atomic E-state index is 0.0601. The molecule has 0 N–H and O–H groups in total. The lowest BCUT2D eigenvalue weighted by Gasteiger charge is -2.31. The zero-order valence-electron chi connectivity index (χ0n) is 9.66. The number of aryl methyl sites for hydroxylation is 1. The summed E-state index contributed by atoms with van der Waals surface area (Å²) >= 11 is 3.47. The summed E-state index contributed by atoms with van der Waals surface area (Å²) in [5.41, 5.74) is 2.36. The Morgan fingerprint density at radius 2 is 2.19 bits per heavy atom. The number of benzene rings is 1. The number of halogens is 1. The predicted octanol–water partition coefficient (Wildman–Crippen LogP) is 3.38. The van der Waals surface area contributed by atoms with Crippen molar-refractivity contribution in [1.29, 1.82) is 0 Å². The quantitative estimate of drug-likeness (QED) is 0.773. The minimum Gasteiger partial charge on any atom is -0.312 e. The van der Waals surface area contributed by atoms with Gasteiger partial charge < -0.3 is 4.90 Å². The first-order valence-corrected chi connectivity index (χ1v) is 6.48. The fraction of sp³-hybridized carbons (Fsp3) is 0.462. The zero-order chi connectivity index (χ0) is 11.7. The molecule has 0 aliphatic carbocycles. The van der Waals surface area contributed by atoms with Gasteiger partial charge in [0, 0.05) is 22.6 Å². The Balaban J connectivity index is 2.39. The van der Waals surface area contributed by atoms with Crippen molar-refractivity contribution in [2.24, 2.45) is 5.92 Å². The molecule has 0 atom stereocenters. The molecule has 0 spiro atoms. The van der Waals surface area contributed by atoms with E-state index in [-0.39, 0.29) is 11.8 Å². The number of rotatable bonds is 1. The van der Waals surface area contributed by atoms with E-state index in [1.54, 1.807) is 0 Å². The van der Waals surface area contributed by atoms with Gasteiger partial charge in [-0.25, -0.2) is 0 Å². The lowest BCUT2D eigenvalue weighted by Crippen LogP contribution is -2.38. The smallest absolute Gasteiger partial charge is 0.229 e. The minimum absolute atomic E-state index is 0.0601. The third kappa shape index (κ3) is 2.14. The highest BCUT2D eigenvalue weighted by Crippen LogP contribution is 2.30. The number of carbonyl (C=O) groups is 1. The monoisotopic (exact) mass is 281 g/mol. The van der Waals surface area contributed by atoms with Crippen molar-refractivity contribution in [2.75, 3.05) is 11.4 Å². The van der Waals surface area contributed by atoms with E-state index in [1.807, 2.05) is 24.8 Å². The van der Waals surface area contributed by atoms with Gasteiger partial charge in [-0.3, -0.25) is 4.79 Å². The van der Waals surface area contributed by atoms with Crippen molar-refractivity contribution in [3.05, 3.63) is 28.2 Å². The highest BCUT2D eigenvalue weighted by atomic mass is 79.9. The lowest BCUT2D eigenvalue weighted by atomic mass is 10.0. The van der Waals surface area contributed by atoms with E-state index in [4.69, 9.17) is 0 Å². The van der Waals surface area contributed by atoms with Gasteiger partial charge in [-0.15, -0.1) is 0 Å². The largest absolute Gasteiger partial charge is 0.312 e.